The Hall–Kier alpha value is -0.830. The molecule has 0 spiro atoms. The van der Waals surface area contributed by atoms with Crippen LogP contribution >= 0.6 is 15.9 Å². The summed E-state index contributed by atoms with van der Waals surface area (Å²) in [5.41, 5.74) is 1.84. The minimum Gasteiger partial charge on any atom is -0.370 e. The van der Waals surface area contributed by atoms with E-state index in [1.807, 2.05) is 18.2 Å². The van der Waals surface area contributed by atoms with Gasteiger partial charge in [-0.2, -0.15) is 0 Å². The third-order valence-corrected chi connectivity index (χ3v) is 3.94. The van der Waals surface area contributed by atoms with Gasteiger partial charge in [-0.05, 0) is 30.0 Å². The van der Waals surface area contributed by atoms with Gasteiger partial charge in [0.15, 0.2) is 6.29 Å². The highest BCUT2D eigenvalue weighted by Gasteiger charge is 2.27. The molecule has 1 fully saturated rings. The molecule has 1 aromatic rings. The average molecular weight is 282 g/mol. The van der Waals surface area contributed by atoms with Gasteiger partial charge in [-0.15, -0.1) is 0 Å². The number of halogens is 1. The monoisotopic (exact) mass is 281 g/mol. The highest BCUT2D eigenvalue weighted by molar-refractivity contribution is 9.10. The highest BCUT2D eigenvalue weighted by atomic mass is 79.9. The predicted octanol–water partition coefficient (Wildman–Crippen LogP) is 3.35. The Morgan fingerprint density at radius 2 is 1.94 bits per heavy atom. The molecule has 0 bridgehead atoms. The molecule has 3 heteroatoms. The summed E-state index contributed by atoms with van der Waals surface area (Å²) in [5, 5.41) is 0. The first kappa shape index (κ1) is 11.6. The maximum atomic E-state index is 11.0. The van der Waals surface area contributed by atoms with Gasteiger partial charge in [-0.1, -0.05) is 29.8 Å². The first-order valence-electron chi connectivity index (χ1n) is 5.61. The van der Waals surface area contributed by atoms with E-state index < -0.39 is 0 Å². The fraction of sp³-hybridized carbons (Fsp3) is 0.462. The van der Waals surface area contributed by atoms with Crippen molar-refractivity contribution < 1.29 is 4.79 Å². The lowest BCUT2D eigenvalue weighted by atomic mass is 10.0. The Morgan fingerprint density at radius 3 is 2.50 bits per heavy atom. The molecule has 2 rings (SSSR count). The van der Waals surface area contributed by atoms with Crippen LogP contribution in [-0.4, -0.2) is 19.4 Å². The van der Waals surface area contributed by atoms with Crippen LogP contribution in [0, 0.1) is 11.8 Å². The summed E-state index contributed by atoms with van der Waals surface area (Å²) in [6, 6.07) is 5.82. The standard InChI is InChI=1S/C13H16BrNO/c1-9-6-15(7-10(9)2)13-5-12(14)4-3-11(13)8-16/h3-5,8-10H,6-7H2,1-2H3. The molecule has 2 atom stereocenters. The van der Waals surface area contributed by atoms with E-state index in [9.17, 15) is 4.79 Å². The number of carbonyl (C=O) groups is 1. The SMILES string of the molecule is CC1CN(c2cc(Br)ccc2C=O)CC1C. The van der Waals surface area contributed by atoms with Crippen molar-refractivity contribution in [2.75, 3.05) is 18.0 Å². The first-order valence-corrected chi connectivity index (χ1v) is 6.40. The largest absolute Gasteiger partial charge is 0.370 e. The molecule has 86 valence electrons. The van der Waals surface area contributed by atoms with Gasteiger partial charge in [0.05, 0.1) is 0 Å². The zero-order chi connectivity index (χ0) is 11.7. The van der Waals surface area contributed by atoms with E-state index in [1.54, 1.807) is 0 Å². The number of nitrogens with zero attached hydrogens (tertiary/aromatic N) is 1. The molecule has 1 saturated heterocycles. The van der Waals surface area contributed by atoms with Crippen LogP contribution in [0.15, 0.2) is 22.7 Å². The molecule has 0 saturated carbocycles. The van der Waals surface area contributed by atoms with Crippen LogP contribution in [0.2, 0.25) is 0 Å². The van der Waals surface area contributed by atoms with Gasteiger partial charge in [-0.3, -0.25) is 4.79 Å². The van der Waals surface area contributed by atoms with Crippen LogP contribution in [0.4, 0.5) is 5.69 Å². The van der Waals surface area contributed by atoms with Crippen molar-refractivity contribution in [2.24, 2.45) is 11.8 Å². The van der Waals surface area contributed by atoms with E-state index in [4.69, 9.17) is 0 Å². The van der Waals surface area contributed by atoms with Crippen molar-refractivity contribution in [2.45, 2.75) is 13.8 Å². The molecule has 1 heterocycles. The number of rotatable bonds is 2. The van der Waals surface area contributed by atoms with Gasteiger partial charge in [0.2, 0.25) is 0 Å². The smallest absolute Gasteiger partial charge is 0.152 e. The molecule has 0 radical (unpaired) electrons. The van der Waals surface area contributed by atoms with Crippen molar-refractivity contribution in [3.8, 4) is 0 Å². The van der Waals surface area contributed by atoms with Crippen LogP contribution in [0.3, 0.4) is 0 Å². The van der Waals surface area contributed by atoms with E-state index in [2.05, 4.69) is 34.7 Å². The molecule has 1 aliphatic rings. The predicted molar refractivity (Wildman–Crippen MR) is 70.1 cm³/mol. The first-order chi connectivity index (χ1) is 7.61. The second kappa shape index (κ2) is 4.58. The molecule has 0 aromatic heterocycles. The van der Waals surface area contributed by atoms with Gasteiger partial charge in [0.25, 0.3) is 0 Å². The summed E-state index contributed by atoms with van der Waals surface area (Å²) in [6.45, 7) is 6.61. The Balaban J connectivity index is 2.33. The summed E-state index contributed by atoms with van der Waals surface area (Å²) in [5.74, 6) is 1.39. The van der Waals surface area contributed by atoms with E-state index in [-0.39, 0.29) is 0 Å². The van der Waals surface area contributed by atoms with Gasteiger partial charge in [0, 0.05) is 28.8 Å². The minimum absolute atomic E-state index is 0.693. The van der Waals surface area contributed by atoms with E-state index in [1.165, 1.54) is 0 Å². The zero-order valence-corrected chi connectivity index (χ0v) is 11.2. The number of aldehydes is 1. The molecular weight excluding hydrogens is 266 g/mol. The summed E-state index contributed by atoms with van der Waals surface area (Å²) < 4.78 is 1.03. The zero-order valence-electron chi connectivity index (χ0n) is 9.61. The number of carbonyl (C=O) groups excluding carboxylic acids is 1. The lowest BCUT2D eigenvalue weighted by Crippen LogP contribution is -2.21. The normalized spacial score (nSPS) is 24.8. The minimum atomic E-state index is 0.693. The van der Waals surface area contributed by atoms with E-state index in [0.717, 1.165) is 35.1 Å². The second-order valence-electron chi connectivity index (χ2n) is 4.68. The molecule has 0 aliphatic carbocycles. The Labute approximate surface area is 105 Å². The summed E-state index contributed by atoms with van der Waals surface area (Å²) in [4.78, 5) is 13.3. The second-order valence-corrected chi connectivity index (χ2v) is 5.60. The molecule has 1 aliphatic heterocycles. The molecule has 1 aromatic carbocycles. The van der Waals surface area contributed by atoms with Crippen LogP contribution in [0.1, 0.15) is 24.2 Å². The van der Waals surface area contributed by atoms with Crippen molar-refractivity contribution in [3.63, 3.8) is 0 Å². The summed E-state index contributed by atoms with van der Waals surface area (Å²) in [7, 11) is 0. The number of benzene rings is 1. The van der Waals surface area contributed by atoms with E-state index in [0.29, 0.717) is 11.8 Å². The van der Waals surface area contributed by atoms with Gasteiger partial charge >= 0.3 is 0 Å². The quantitative estimate of drug-likeness (QED) is 0.775. The van der Waals surface area contributed by atoms with Crippen LogP contribution < -0.4 is 4.90 Å². The lowest BCUT2D eigenvalue weighted by Gasteiger charge is -2.20. The summed E-state index contributed by atoms with van der Waals surface area (Å²) >= 11 is 3.46. The van der Waals surface area contributed by atoms with Gasteiger partial charge < -0.3 is 4.90 Å². The van der Waals surface area contributed by atoms with Crippen molar-refractivity contribution in [3.05, 3.63) is 28.2 Å². The van der Waals surface area contributed by atoms with Crippen molar-refractivity contribution in [1.29, 1.82) is 0 Å². The van der Waals surface area contributed by atoms with Crippen LogP contribution in [-0.2, 0) is 0 Å². The molecule has 2 unspecified atom stereocenters. The molecule has 16 heavy (non-hydrogen) atoms. The topological polar surface area (TPSA) is 20.3 Å². The Bertz CT molecular complexity index is 395. The van der Waals surface area contributed by atoms with Crippen molar-refractivity contribution >= 4 is 27.9 Å². The third kappa shape index (κ3) is 2.14. The van der Waals surface area contributed by atoms with Gasteiger partial charge in [0.1, 0.15) is 0 Å². The highest BCUT2D eigenvalue weighted by Crippen LogP contribution is 2.31. The maximum Gasteiger partial charge on any atom is 0.152 e. The Kier molecular flexibility index (Phi) is 3.33. The molecule has 2 nitrogen and oxygen atoms in total. The van der Waals surface area contributed by atoms with E-state index >= 15 is 0 Å². The van der Waals surface area contributed by atoms with Crippen molar-refractivity contribution in [1.82, 2.24) is 0 Å². The fourth-order valence-corrected chi connectivity index (χ4v) is 2.57. The Morgan fingerprint density at radius 1 is 1.31 bits per heavy atom. The van der Waals surface area contributed by atoms with Crippen LogP contribution in [0.25, 0.3) is 0 Å². The van der Waals surface area contributed by atoms with Crippen LogP contribution in [0.5, 0.6) is 0 Å². The van der Waals surface area contributed by atoms with Gasteiger partial charge in [-0.25, -0.2) is 0 Å². The fourth-order valence-electron chi connectivity index (χ4n) is 2.22. The molecule has 0 N–H and O–H groups in total. The maximum absolute atomic E-state index is 11.0. The number of hydrogen-bond acceptors (Lipinski definition) is 2. The lowest BCUT2D eigenvalue weighted by molar-refractivity contribution is 0.112. The molecular formula is C13H16BrNO. The third-order valence-electron chi connectivity index (χ3n) is 3.45. The summed E-state index contributed by atoms with van der Waals surface area (Å²) in [6.07, 6.45) is 0.940. The average Bonchev–Trinajstić information content (AvgIpc) is 2.59. The number of anilines is 1. The number of hydrogen-bond donors (Lipinski definition) is 0. The molecule has 0 amide bonds.